The van der Waals surface area contributed by atoms with E-state index in [1.54, 1.807) is 6.92 Å². The monoisotopic (exact) mass is 242 g/mol. The average molecular weight is 242 g/mol. The first-order valence-electron chi connectivity index (χ1n) is 5.55. The molecular weight excluding hydrogens is 224 g/mol. The van der Waals surface area contributed by atoms with Crippen molar-refractivity contribution in [3.8, 4) is 0 Å². The van der Waals surface area contributed by atoms with Gasteiger partial charge in [-0.25, -0.2) is 0 Å². The second kappa shape index (κ2) is 5.62. The minimum absolute atomic E-state index is 0.213. The van der Waals surface area contributed by atoms with Gasteiger partial charge in [0.25, 0.3) is 0 Å². The summed E-state index contributed by atoms with van der Waals surface area (Å²) in [6, 6.07) is -1.16. The van der Waals surface area contributed by atoms with Gasteiger partial charge >= 0.3 is 0 Å². The average Bonchev–Trinajstić information content (AvgIpc) is 2.73. The molecule has 0 aromatic rings. The van der Waals surface area contributed by atoms with Gasteiger partial charge in [0.15, 0.2) is 0 Å². The molecule has 7 heteroatoms. The molecule has 0 aromatic heterocycles. The van der Waals surface area contributed by atoms with E-state index in [0.717, 1.165) is 6.42 Å². The summed E-state index contributed by atoms with van der Waals surface area (Å²) in [4.78, 5) is 35.5. The lowest BCUT2D eigenvalue weighted by Gasteiger charge is -2.25. The fourth-order valence-corrected chi connectivity index (χ4v) is 1.86. The molecule has 1 rings (SSSR count). The Morgan fingerprint density at radius 3 is 2.65 bits per heavy atom. The quantitative estimate of drug-likeness (QED) is 0.524. The smallest absolute Gasteiger partial charge is 0.243 e. The van der Waals surface area contributed by atoms with Crippen molar-refractivity contribution in [1.29, 1.82) is 0 Å². The van der Waals surface area contributed by atoms with Gasteiger partial charge in [-0.3, -0.25) is 14.4 Å². The van der Waals surface area contributed by atoms with Crippen LogP contribution in [0, 0.1) is 0 Å². The van der Waals surface area contributed by atoms with Gasteiger partial charge in [0, 0.05) is 6.54 Å². The Bertz CT molecular complexity index is 330. The van der Waals surface area contributed by atoms with Gasteiger partial charge in [-0.15, -0.1) is 0 Å². The number of hydrogen-bond donors (Lipinski definition) is 3. The summed E-state index contributed by atoms with van der Waals surface area (Å²) >= 11 is 0. The summed E-state index contributed by atoms with van der Waals surface area (Å²) in [6.07, 6.45) is 1.34. The number of primary amides is 1. The van der Waals surface area contributed by atoms with E-state index in [0.29, 0.717) is 13.0 Å². The zero-order valence-corrected chi connectivity index (χ0v) is 9.81. The SMILES string of the molecule is C[C@H](N)C(=O)N1CCC[C@H]1C(=O)NCC(N)=O. The van der Waals surface area contributed by atoms with Crippen molar-refractivity contribution in [2.24, 2.45) is 11.5 Å². The molecular formula is C10H18N4O3. The maximum atomic E-state index is 11.7. The van der Waals surface area contributed by atoms with Crippen molar-refractivity contribution in [3.05, 3.63) is 0 Å². The molecule has 1 fully saturated rings. The normalized spacial score (nSPS) is 21.1. The Hall–Kier alpha value is -1.63. The van der Waals surface area contributed by atoms with Crippen LogP contribution in [-0.2, 0) is 14.4 Å². The first kappa shape index (κ1) is 13.4. The lowest BCUT2D eigenvalue weighted by molar-refractivity contribution is -0.139. The van der Waals surface area contributed by atoms with Gasteiger partial charge in [0.2, 0.25) is 17.7 Å². The van der Waals surface area contributed by atoms with Crippen LogP contribution in [0.3, 0.4) is 0 Å². The summed E-state index contributed by atoms with van der Waals surface area (Å²) in [5.74, 6) is -1.21. The molecule has 2 atom stereocenters. The van der Waals surface area contributed by atoms with E-state index in [2.05, 4.69) is 5.32 Å². The predicted octanol–water partition coefficient (Wildman–Crippen LogP) is -2.07. The lowest BCUT2D eigenvalue weighted by Crippen LogP contribution is -2.51. The highest BCUT2D eigenvalue weighted by Gasteiger charge is 2.34. The van der Waals surface area contributed by atoms with Crippen LogP contribution in [0.2, 0.25) is 0 Å². The van der Waals surface area contributed by atoms with Gasteiger partial charge in [-0.2, -0.15) is 0 Å². The first-order valence-corrected chi connectivity index (χ1v) is 5.55. The van der Waals surface area contributed by atoms with Gasteiger partial charge in [0.1, 0.15) is 6.04 Å². The third kappa shape index (κ3) is 3.42. The largest absolute Gasteiger partial charge is 0.368 e. The molecule has 0 unspecified atom stereocenters. The Balaban J connectivity index is 2.59. The highest BCUT2D eigenvalue weighted by Crippen LogP contribution is 2.18. The third-order valence-electron chi connectivity index (χ3n) is 2.66. The number of amides is 3. The maximum absolute atomic E-state index is 11.7. The van der Waals surface area contributed by atoms with Crippen molar-refractivity contribution in [2.45, 2.75) is 31.8 Å². The predicted molar refractivity (Wildman–Crippen MR) is 60.6 cm³/mol. The zero-order valence-electron chi connectivity index (χ0n) is 9.81. The number of carbonyl (C=O) groups excluding carboxylic acids is 3. The molecule has 0 saturated carbocycles. The first-order chi connectivity index (χ1) is 7.93. The highest BCUT2D eigenvalue weighted by molar-refractivity contribution is 5.91. The number of nitrogens with two attached hydrogens (primary N) is 2. The van der Waals surface area contributed by atoms with Gasteiger partial charge < -0.3 is 21.7 Å². The second-order valence-electron chi connectivity index (χ2n) is 4.16. The van der Waals surface area contributed by atoms with E-state index in [1.807, 2.05) is 0 Å². The number of likely N-dealkylation sites (tertiary alicyclic amines) is 1. The molecule has 96 valence electrons. The van der Waals surface area contributed by atoms with E-state index in [1.165, 1.54) is 4.90 Å². The van der Waals surface area contributed by atoms with Crippen LogP contribution >= 0.6 is 0 Å². The molecule has 1 heterocycles. The fraction of sp³-hybridized carbons (Fsp3) is 0.700. The molecule has 1 saturated heterocycles. The van der Waals surface area contributed by atoms with Crippen molar-refractivity contribution >= 4 is 17.7 Å². The minimum atomic E-state index is -0.625. The molecule has 17 heavy (non-hydrogen) atoms. The van der Waals surface area contributed by atoms with Gasteiger partial charge in [0.05, 0.1) is 12.6 Å². The second-order valence-corrected chi connectivity index (χ2v) is 4.16. The van der Waals surface area contributed by atoms with Crippen molar-refractivity contribution in [1.82, 2.24) is 10.2 Å². The number of nitrogens with zero attached hydrogens (tertiary/aromatic N) is 1. The van der Waals surface area contributed by atoms with Crippen molar-refractivity contribution in [3.63, 3.8) is 0 Å². The number of carbonyl (C=O) groups is 3. The molecule has 0 bridgehead atoms. The summed E-state index contributed by atoms with van der Waals surface area (Å²) in [5, 5.41) is 2.40. The molecule has 3 amide bonds. The van der Waals surface area contributed by atoms with Crippen LogP contribution in [0.5, 0.6) is 0 Å². The molecule has 1 aliphatic heterocycles. The summed E-state index contributed by atoms with van der Waals surface area (Å²) in [5.41, 5.74) is 10.4. The molecule has 0 aliphatic carbocycles. The Morgan fingerprint density at radius 1 is 1.47 bits per heavy atom. The molecule has 5 N–H and O–H groups in total. The van der Waals surface area contributed by atoms with Crippen molar-refractivity contribution < 1.29 is 14.4 Å². The van der Waals surface area contributed by atoms with Crippen molar-refractivity contribution in [2.75, 3.05) is 13.1 Å². The topological polar surface area (TPSA) is 119 Å². The van der Waals surface area contributed by atoms with E-state index in [-0.39, 0.29) is 18.4 Å². The Morgan fingerprint density at radius 2 is 2.12 bits per heavy atom. The van der Waals surface area contributed by atoms with E-state index in [9.17, 15) is 14.4 Å². The molecule has 0 aromatic carbocycles. The number of rotatable bonds is 4. The van der Waals surface area contributed by atoms with Crippen LogP contribution in [0.4, 0.5) is 0 Å². The van der Waals surface area contributed by atoms with E-state index >= 15 is 0 Å². The summed E-state index contributed by atoms with van der Waals surface area (Å²) in [7, 11) is 0. The van der Waals surface area contributed by atoms with Gasteiger partial charge in [-0.05, 0) is 19.8 Å². The Labute approximate surface area is 99.5 Å². The van der Waals surface area contributed by atoms with E-state index < -0.39 is 18.0 Å². The molecule has 0 radical (unpaired) electrons. The van der Waals surface area contributed by atoms with Crippen LogP contribution < -0.4 is 16.8 Å². The van der Waals surface area contributed by atoms with Crippen LogP contribution in [0.1, 0.15) is 19.8 Å². The zero-order chi connectivity index (χ0) is 13.0. The maximum Gasteiger partial charge on any atom is 0.243 e. The third-order valence-corrected chi connectivity index (χ3v) is 2.66. The van der Waals surface area contributed by atoms with Crippen LogP contribution in [-0.4, -0.2) is 47.8 Å². The molecule has 0 spiro atoms. The number of nitrogens with one attached hydrogen (secondary N) is 1. The summed E-state index contributed by atoms with van der Waals surface area (Å²) in [6.45, 7) is 1.89. The minimum Gasteiger partial charge on any atom is -0.368 e. The van der Waals surface area contributed by atoms with Gasteiger partial charge in [-0.1, -0.05) is 0 Å². The Kier molecular flexibility index (Phi) is 4.45. The summed E-state index contributed by atoms with van der Waals surface area (Å²) < 4.78 is 0. The standard InChI is InChI=1S/C10H18N4O3/c1-6(11)10(17)14-4-2-3-7(14)9(16)13-5-8(12)15/h6-7H,2-5,11H2,1H3,(H2,12,15)(H,13,16)/t6-,7-/m0/s1. The van der Waals surface area contributed by atoms with Crippen LogP contribution in [0.15, 0.2) is 0 Å². The number of hydrogen-bond acceptors (Lipinski definition) is 4. The molecule has 7 nitrogen and oxygen atoms in total. The molecule has 1 aliphatic rings. The highest BCUT2D eigenvalue weighted by atomic mass is 16.2. The lowest BCUT2D eigenvalue weighted by atomic mass is 10.2. The fourth-order valence-electron chi connectivity index (χ4n) is 1.86. The van der Waals surface area contributed by atoms with Crippen LogP contribution in [0.25, 0.3) is 0 Å². The van der Waals surface area contributed by atoms with E-state index in [4.69, 9.17) is 11.5 Å².